The summed E-state index contributed by atoms with van der Waals surface area (Å²) in [5.74, 6) is 0. The third kappa shape index (κ3) is 7.18. The van der Waals surface area contributed by atoms with Crippen LogP contribution in [0.5, 0.6) is 0 Å². The second-order valence-electron chi connectivity index (χ2n) is 10.4. The van der Waals surface area contributed by atoms with E-state index in [2.05, 4.69) is 188 Å². The van der Waals surface area contributed by atoms with E-state index in [1.165, 1.54) is 22.3 Å². The maximum atomic E-state index is 2.33. The Bertz CT molecular complexity index is 1560. The van der Waals surface area contributed by atoms with Crippen molar-refractivity contribution in [1.82, 2.24) is 0 Å². The van der Waals surface area contributed by atoms with Crippen molar-refractivity contribution < 1.29 is 0 Å². The summed E-state index contributed by atoms with van der Waals surface area (Å²) in [7, 11) is 0. The van der Waals surface area contributed by atoms with E-state index in [1.54, 1.807) is 0 Å². The van der Waals surface area contributed by atoms with E-state index in [9.17, 15) is 0 Å². The van der Waals surface area contributed by atoms with Gasteiger partial charge in [0.25, 0.3) is 0 Å². The minimum absolute atomic E-state index is 0.429. The molecule has 0 bridgehead atoms. The number of benzene rings is 4. The van der Waals surface area contributed by atoms with E-state index in [4.69, 9.17) is 0 Å². The lowest BCUT2D eigenvalue weighted by Gasteiger charge is -2.39. The van der Waals surface area contributed by atoms with Crippen molar-refractivity contribution in [3.05, 3.63) is 204 Å². The monoisotopic (exact) mass is 575 g/mol. The van der Waals surface area contributed by atoms with Gasteiger partial charge in [0.1, 0.15) is 0 Å². The molecule has 0 atom stereocenters. The summed E-state index contributed by atoms with van der Waals surface area (Å²) >= 11 is 0. The summed E-state index contributed by atoms with van der Waals surface area (Å²) in [5, 5.41) is 0. The van der Waals surface area contributed by atoms with Crippen LogP contribution >= 0.6 is 0 Å². The van der Waals surface area contributed by atoms with Gasteiger partial charge in [-0.1, -0.05) is 159 Å². The lowest BCUT2D eigenvalue weighted by atomic mass is 9.63. The molecule has 0 unspecified atom stereocenters. The van der Waals surface area contributed by atoms with Crippen LogP contribution in [0.25, 0.3) is 0 Å². The fourth-order valence-corrected chi connectivity index (χ4v) is 5.93. The first-order valence-electron chi connectivity index (χ1n) is 15.8. The third-order valence-electron chi connectivity index (χ3n) is 7.76. The molecule has 222 valence electrons. The van der Waals surface area contributed by atoms with Crippen molar-refractivity contribution in [2.45, 2.75) is 46.0 Å². The zero-order valence-electron chi connectivity index (χ0n) is 26.6. The lowest BCUT2D eigenvalue weighted by molar-refractivity contribution is 0.680. The highest BCUT2D eigenvalue weighted by atomic mass is 15.1. The molecule has 44 heavy (non-hydrogen) atoms. The Morgan fingerprint density at radius 1 is 0.614 bits per heavy atom. The highest BCUT2D eigenvalue weighted by Crippen LogP contribution is 2.47. The minimum Gasteiger partial charge on any atom is -0.311 e. The third-order valence-corrected chi connectivity index (χ3v) is 7.76. The molecule has 0 fully saturated rings. The Morgan fingerprint density at radius 2 is 1.16 bits per heavy atom. The molecule has 0 heterocycles. The van der Waals surface area contributed by atoms with Crippen LogP contribution in [0.3, 0.4) is 0 Å². The van der Waals surface area contributed by atoms with E-state index >= 15 is 0 Å². The Morgan fingerprint density at radius 3 is 1.73 bits per heavy atom. The number of hydrogen-bond acceptors (Lipinski definition) is 1. The van der Waals surface area contributed by atoms with E-state index in [0.29, 0.717) is 0 Å². The summed E-state index contributed by atoms with van der Waals surface area (Å²) in [4.78, 5) is 2.32. The maximum absolute atomic E-state index is 2.33. The van der Waals surface area contributed by atoms with Gasteiger partial charge in [-0.15, -0.1) is 0 Å². The average Bonchev–Trinajstić information content (AvgIpc) is 3.08. The smallest absolute Gasteiger partial charge is 0.0664 e. The number of para-hydroxylation sites is 1. The standard InChI is InChI=1S/C41H39N.C2H6/c1-3-5-27-38(20-4-2)42(39-28-18-11-19-29-39)40-32-30-37(31-33-40)41(35-23-14-9-15-24-35,36-25-16-10-17-26-36)34-21-12-7-6-8-13-22-34;1-2/h3-12,14-21,23-33H,13,22H2,1-2H3;1-2H3/b5-3-,8-6-,12-7-,20-4-,34-21+,38-27+;. The van der Waals surface area contributed by atoms with E-state index < -0.39 is 5.41 Å². The normalized spacial score (nSPS) is 16.3. The molecule has 0 saturated carbocycles. The number of hydrogen-bond donors (Lipinski definition) is 0. The summed E-state index contributed by atoms with van der Waals surface area (Å²) in [6.07, 6.45) is 23.6. The van der Waals surface area contributed by atoms with Crippen LogP contribution in [-0.2, 0) is 5.41 Å². The zero-order valence-corrected chi connectivity index (χ0v) is 26.6. The number of rotatable bonds is 9. The Hall–Kier alpha value is -4.88. The van der Waals surface area contributed by atoms with Crippen LogP contribution in [0.4, 0.5) is 11.4 Å². The molecule has 0 saturated heterocycles. The van der Waals surface area contributed by atoms with Gasteiger partial charge in [0.05, 0.1) is 5.41 Å². The molecule has 0 amide bonds. The van der Waals surface area contributed by atoms with Gasteiger partial charge in [0, 0.05) is 17.1 Å². The Kier molecular flexibility index (Phi) is 12.1. The Labute approximate surface area is 265 Å². The maximum Gasteiger partial charge on any atom is 0.0664 e. The number of nitrogens with zero attached hydrogens (tertiary/aromatic N) is 1. The van der Waals surface area contributed by atoms with Gasteiger partial charge in [0.15, 0.2) is 0 Å². The molecule has 0 aromatic heterocycles. The zero-order chi connectivity index (χ0) is 31.0. The lowest BCUT2D eigenvalue weighted by Crippen LogP contribution is -2.32. The van der Waals surface area contributed by atoms with Crippen LogP contribution in [0.1, 0.15) is 57.2 Å². The number of anilines is 2. The predicted molar refractivity (Wildman–Crippen MR) is 192 cm³/mol. The van der Waals surface area contributed by atoms with E-state index in [1.807, 2.05) is 20.8 Å². The topological polar surface area (TPSA) is 3.24 Å². The van der Waals surface area contributed by atoms with Crippen molar-refractivity contribution in [1.29, 1.82) is 0 Å². The SMILES string of the molecule is CC.C\C=C/C=C(\C=C/C)N(c1ccccc1)c1ccc(C(/C2=C/C=C\C=C/CC2)(c2ccccc2)c2ccccc2)cc1. The minimum atomic E-state index is -0.429. The molecule has 0 radical (unpaired) electrons. The average molecular weight is 576 g/mol. The Balaban J connectivity index is 0.00000216. The largest absolute Gasteiger partial charge is 0.311 e. The summed E-state index contributed by atoms with van der Waals surface area (Å²) < 4.78 is 0. The van der Waals surface area contributed by atoms with Crippen molar-refractivity contribution in [2.75, 3.05) is 4.90 Å². The van der Waals surface area contributed by atoms with Crippen molar-refractivity contribution in [2.24, 2.45) is 0 Å². The molecule has 0 aliphatic heterocycles. The highest BCUT2D eigenvalue weighted by Gasteiger charge is 2.39. The summed E-state index contributed by atoms with van der Waals surface area (Å²) in [6.45, 7) is 8.11. The van der Waals surface area contributed by atoms with Gasteiger partial charge in [-0.2, -0.15) is 0 Å². The van der Waals surface area contributed by atoms with Gasteiger partial charge in [0.2, 0.25) is 0 Å². The van der Waals surface area contributed by atoms with Crippen LogP contribution in [0.15, 0.2) is 187 Å². The van der Waals surface area contributed by atoms with Crippen LogP contribution in [0.2, 0.25) is 0 Å². The van der Waals surface area contributed by atoms with Gasteiger partial charge < -0.3 is 4.90 Å². The molecule has 1 heteroatoms. The second-order valence-corrected chi connectivity index (χ2v) is 10.4. The molecule has 4 aromatic carbocycles. The fourth-order valence-electron chi connectivity index (χ4n) is 5.93. The van der Waals surface area contributed by atoms with Gasteiger partial charge in [-0.25, -0.2) is 0 Å². The van der Waals surface area contributed by atoms with Gasteiger partial charge in [-0.3, -0.25) is 0 Å². The molecule has 0 N–H and O–H groups in total. The molecule has 1 nitrogen and oxygen atoms in total. The quantitative estimate of drug-likeness (QED) is 0.142. The summed E-state index contributed by atoms with van der Waals surface area (Å²) in [6, 6.07) is 41.8. The van der Waals surface area contributed by atoms with Gasteiger partial charge >= 0.3 is 0 Å². The molecule has 1 aliphatic carbocycles. The first kappa shape index (κ1) is 32.0. The first-order valence-corrected chi connectivity index (χ1v) is 15.8. The molecule has 5 rings (SSSR count). The van der Waals surface area contributed by atoms with E-state index in [0.717, 1.165) is 29.9 Å². The van der Waals surface area contributed by atoms with Crippen molar-refractivity contribution in [3.63, 3.8) is 0 Å². The van der Waals surface area contributed by atoms with E-state index in [-0.39, 0.29) is 0 Å². The first-order chi connectivity index (χ1) is 21.8. The second kappa shape index (κ2) is 16.7. The molecule has 1 aliphatic rings. The highest BCUT2D eigenvalue weighted by molar-refractivity contribution is 5.71. The molecule has 0 spiro atoms. The van der Waals surface area contributed by atoms with Gasteiger partial charge in [-0.05, 0) is 79.8 Å². The van der Waals surface area contributed by atoms with Crippen molar-refractivity contribution >= 4 is 11.4 Å². The van der Waals surface area contributed by atoms with Crippen LogP contribution < -0.4 is 4.90 Å². The fraction of sp³-hybridized carbons (Fsp3) is 0.163. The molecular weight excluding hydrogens is 530 g/mol. The predicted octanol–water partition coefficient (Wildman–Crippen LogP) is 12.1. The molecular formula is C43H45N. The summed E-state index contributed by atoms with van der Waals surface area (Å²) in [5.41, 5.74) is 8.10. The van der Waals surface area contributed by atoms with Crippen LogP contribution in [0, 0.1) is 0 Å². The van der Waals surface area contributed by atoms with Crippen LogP contribution in [-0.4, -0.2) is 0 Å². The molecule has 4 aromatic rings. The number of allylic oxidation sites excluding steroid dienone is 11. The van der Waals surface area contributed by atoms with Crippen molar-refractivity contribution in [3.8, 4) is 0 Å².